The van der Waals surface area contributed by atoms with Crippen molar-refractivity contribution in [3.8, 4) is 0 Å². The molecule has 0 radical (unpaired) electrons. The van der Waals surface area contributed by atoms with Crippen LogP contribution in [0.4, 0.5) is 0 Å². The fourth-order valence-electron chi connectivity index (χ4n) is 4.73. The summed E-state index contributed by atoms with van der Waals surface area (Å²) in [5.41, 5.74) is 2.97. The van der Waals surface area contributed by atoms with E-state index in [1.54, 1.807) is 4.68 Å². The van der Waals surface area contributed by atoms with Crippen LogP contribution in [0.1, 0.15) is 95.5 Å². The highest BCUT2D eigenvalue weighted by molar-refractivity contribution is 5.76. The monoisotopic (exact) mass is 478 g/mol. The number of hydrogen-bond donors (Lipinski definition) is 1. The van der Waals surface area contributed by atoms with Crippen molar-refractivity contribution in [3.63, 3.8) is 0 Å². The van der Waals surface area contributed by atoms with Gasteiger partial charge in [0.05, 0.1) is 6.54 Å². The van der Waals surface area contributed by atoms with Crippen LogP contribution >= 0.6 is 0 Å². The smallest absolute Gasteiger partial charge is 0.281 e. The van der Waals surface area contributed by atoms with Crippen LogP contribution in [0.25, 0.3) is 11.2 Å². The number of rotatable bonds is 8. The predicted octanol–water partition coefficient (Wildman–Crippen LogP) is 4.54. The van der Waals surface area contributed by atoms with Gasteiger partial charge in [0.25, 0.3) is 5.56 Å². The highest BCUT2D eigenvalue weighted by atomic mass is 16.2. The third-order valence-electron chi connectivity index (χ3n) is 7.02. The van der Waals surface area contributed by atoms with Crippen LogP contribution in [-0.4, -0.2) is 48.9 Å². The maximum Gasteiger partial charge on any atom is 0.281 e. The topological polar surface area (TPSA) is 96.8 Å². The van der Waals surface area contributed by atoms with E-state index in [1.165, 1.54) is 18.4 Å². The van der Waals surface area contributed by atoms with E-state index in [-0.39, 0.29) is 28.3 Å². The molecule has 35 heavy (non-hydrogen) atoms. The van der Waals surface area contributed by atoms with Gasteiger partial charge in [-0.05, 0) is 35.8 Å². The van der Waals surface area contributed by atoms with Gasteiger partial charge in [-0.3, -0.25) is 9.59 Å². The quantitative estimate of drug-likeness (QED) is 0.480. The van der Waals surface area contributed by atoms with Crippen molar-refractivity contribution in [2.75, 3.05) is 13.1 Å². The van der Waals surface area contributed by atoms with Crippen molar-refractivity contribution in [2.45, 2.75) is 90.5 Å². The molecule has 0 saturated carbocycles. The minimum Gasteiger partial charge on any atom is -0.343 e. The van der Waals surface area contributed by atoms with E-state index in [0.717, 1.165) is 31.2 Å². The van der Waals surface area contributed by atoms with Gasteiger partial charge in [0.2, 0.25) is 5.91 Å². The Morgan fingerprint density at radius 1 is 1.09 bits per heavy atom. The summed E-state index contributed by atoms with van der Waals surface area (Å²) >= 11 is 0. The van der Waals surface area contributed by atoms with Crippen LogP contribution in [0.5, 0.6) is 0 Å². The number of aromatic nitrogens is 5. The molecule has 0 aliphatic carbocycles. The number of hydrogen-bond acceptors (Lipinski definition) is 5. The Balaban J connectivity index is 1.44. The first-order valence-corrected chi connectivity index (χ1v) is 13.0. The molecule has 8 nitrogen and oxygen atoms in total. The first-order chi connectivity index (χ1) is 16.8. The lowest BCUT2D eigenvalue weighted by molar-refractivity contribution is -0.132. The molecule has 1 N–H and O–H groups in total. The van der Waals surface area contributed by atoms with Crippen molar-refractivity contribution in [1.29, 1.82) is 0 Å². The molecule has 0 unspecified atom stereocenters. The highest BCUT2D eigenvalue weighted by Gasteiger charge is 2.26. The molecule has 188 valence electrons. The van der Waals surface area contributed by atoms with Gasteiger partial charge >= 0.3 is 0 Å². The number of likely N-dealkylation sites (tertiary alicyclic amines) is 1. The van der Waals surface area contributed by atoms with Gasteiger partial charge in [-0.15, -0.1) is 5.10 Å². The fraction of sp³-hybridized carbons (Fsp3) is 0.593. The SMILES string of the molecule is CCCCCCC(=O)N1CCC(c2nc3c(nnn3Cc3ccc(C(C)(C)C)cc3)c(=O)[nH]2)CC1. The molecule has 0 bridgehead atoms. The zero-order valence-electron chi connectivity index (χ0n) is 21.5. The largest absolute Gasteiger partial charge is 0.343 e. The number of benzene rings is 1. The minimum absolute atomic E-state index is 0.0947. The van der Waals surface area contributed by atoms with Gasteiger partial charge < -0.3 is 9.88 Å². The lowest BCUT2D eigenvalue weighted by Gasteiger charge is -2.31. The van der Waals surface area contributed by atoms with Gasteiger partial charge in [0.15, 0.2) is 11.2 Å². The fourth-order valence-corrected chi connectivity index (χ4v) is 4.73. The summed E-state index contributed by atoms with van der Waals surface area (Å²) in [7, 11) is 0. The standard InChI is InChI=1S/C27H38N6O2/c1-5-6-7-8-9-22(34)32-16-14-20(15-17-32)24-28-25-23(26(35)29-24)30-31-33(25)18-19-10-12-21(13-11-19)27(2,3)4/h10-13,20H,5-9,14-18H2,1-4H3,(H,28,29,35). The average molecular weight is 479 g/mol. The van der Waals surface area contributed by atoms with Gasteiger partial charge in [0, 0.05) is 25.4 Å². The third-order valence-corrected chi connectivity index (χ3v) is 7.02. The van der Waals surface area contributed by atoms with Gasteiger partial charge in [-0.25, -0.2) is 9.67 Å². The molecule has 1 aliphatic rings. The number of unbranched alkanes of at least 4 members (excludes halogenated alkanes) is 3. The minimum atomic E-state index is -0.256. The zero-order chi connectivity index (χ0) is 25.0. The van der Waals surface area contributed by atoms with E-state index in [9.17, 15) is 9.59 Å². The number of aromatic amines is 1. The van der Waals surface area contributed by atoms with Crippen LogP contribution in [0.2, 0.25) is 0 Å². The molecule has 2 aromatic heterocycles. The number of fused-ring (bicyclic) bond motifs is 1. The molecule has 8 heteroatoms. The van der Waals surface area contributed by atoms with E-state index in [1.807, 2.05) is 4.90 Å². The van der Waals surface area contributed by atoms with Gasteiger partial charge in [-0.2, -0.15) is 0 Å². The first-order valence-electron chi connectivity index (χ1n) is 13.0. The molecular weight excluding hydrogens is 440 g/mol. The molecule has 4 rings (SSSR count). The Bertz CT molecular complexity index is 1200. The summed E-state index contributed by atoms with van der Waals surface area (Å²) in [5.74, 6) is 1.03. The average Bonchev–Trinajstić information content (AvgIpc) is 3.25. The lowest BCUT2D eigenvalue weighted by Crippen LogP contribution is -2.38. The summed E-state index contributed by atoms with van der Waals surface area (Å²) in [4.78, 5) is 34.9. The number of carbonyl (C=O) groups excluding carboxylic acids is 1. The summed E-state index contributed by atoms with van der Waals surface area (Å²) in [6, 6.07) is 8.46. The number of H-pyrrole nitrogens is 1. The van der Waals surface area contributed by atoms with E-state index in [4.69, 9.17) is 4.98 Å². The summed E-state index contributed by atoms with van der Waals surface area (Å²) in [6.45, 7) is 10.7. The Morgan fingerprint density at radius 2 is 1.80 bits per heavy atom. The molecule has 1 fully saturated rings. The Morgan fingerprint density at radius 3 is 2.46 bits per heavy atom. The van der Waals surface area contributed by atoms with Crippen molar-refractivity contribution in [2.24, 2.45) is 0 Å². The molecule has 1 saturated heterocycles. The Labute approximate surface area is 207 Å². The summed E-state index contributed by atoms with van der Waals surface area (Å²) < 4.78 is 1.70. The van der Waals surface area contributed by atoms with Crippen molar-refractivity contribution < 1.29 is 4.79 Å². The lowest BCUT2D eigenvalue weighted by atomic mass is 9.87. The number of nitrogens with zero attached hydrogens (tertiary/aromatic N) is 5. The highest BCUT2D eigenvalue weighted by Crippen LogP contribution is 2.27. The first kappa shape index (κ1) is 25.1. The van der Waals surface area contributed by atoms with Crippen LogP contribution in [0, 0.1) is 0 Å². The number of amides is 1. The number of nitrogens with one attached hydrogen (secondary N) is 1. The molecule has 3 aromatic rings. The van der Waals surface area contributed by atoms with Gasteiger partial charge in [0.1, 0.15) is 5.82 Å². The van der Waals surface area contributed by atoms with E-state index in [0.29, 0.717) is 37.5 Å². The Hall–Kier alpha value is -3.03. The molecular formula is C27H38N6O2. The summed E-state index contributed by atoms with van der Waals surface area (Å²) in [5, 5.41) is 8.31. The van der Waals surface area contributed by atoms with Crippen molar-refractivity contribution in [1.82, 2.24) is 29.9 Å². The maximum absolute atomic E-state index is 12.7. The maximum atomic E-state index is 12.7. The molecule has 1 aromatic carbocycles. The molecule has 3 heterocycles. The Kier molecular flexibility index (Phi) is 7.67. The van der Waals surface area contributed by atoms with Gasteiger partial charge in [-0.1, -0.05) is 76.4 Å². The molecule has 1 amide bonds. The van der Waals surface area contributed by atoms with E-state index >= 15 is 0 Å². The third kappa shape index (κ3) is 5.97. The van der Waals surface area contributed by atoms with E-state index in [2.05, 4.69) is 67.3 Å². The van der Waals surface area contributed by atoms with Crippen molar-refractivity contribution in [3.05, 3.63) is 51.6 Å². The molecule has 0 atom stereocenters. The molecule has 0 spiro atoms. The number of carbonyl (C=O) groups is 1. The second-order valence-electron chi connectivity index (χ2n) is 10.8. The summed E-state index contributed by atoms with van der Waals surface area (Å²) in [6.07, 6.45) is 6.67. The predicted molar refractivity (Wildman–Crippen MR) is 138 cm³/mol. The number of piperidine rings is 1. The van der Waals surface area contributed by atoms with Crippen LogP contribution in [0.15, 0.2) is 29.1 Å². The normalized spacial score (nSPS) is 15.1. The van der Waals surface area contributed by atoms with Crippen molar-refractivity contribution >= 4 is 17.1 Å². The van der Waals surface area contributed by atoms with Crippen LogP contribution < -0.4 is 5.56 Å². The molecule has 1 aliphatic heterocycles. The van der Waals surface area contributed by atoms with Crippen LogP contribution in [-0.2, 0) is 16.8 Å². The van der Waals surface area contributed by atoms with Crippen LogP contribution in [0.3, 0.4) is 0 Å². The second kappa shape index (κ2) is 10.7. The van der Waals surface area contributed by atoms with E-state index < -0.39 is 0 Å². The second-order valence-corrected chi connectivity index (χ2v) is 10.8. The zero-order valence-corrected chi connectivity index (χ0v) is 21.5.